The Morgan fingerprint density at radius 3 is 0.515 bits per heavy atom. The Balaban J connectivity index is 3.08. The topological polar surface area (TPSA) is 137 Å². The van der Waals surface area contributed by atoms with Crippen molar-refractivity contribution < 1.29 is 66.4 Å². The second-order valence-corrected chi connectivity index (χ2v) is 17.3. The maximum atomic E-state index is 11.3. The summed E-state index contributed by atoms with van der Waals surface area (Å²) in [6, 6.07) is 0. The lowest BCUT2D eigenvalue weighted by molar-refractivity contribution is -0.139. The van der Waals surface area contributed by atoms with E-state index in [0.717, 1.165) is 306 Å². The SMILES string of the molecule is C=C(C)C(=O)OCCCCOCCCCOCCCCOCCCCOCCCCOCCCCOCCCCOCCCCOCCCCOCCCCOCCCCOCCCCOCC. The monoisotopic (exact) mass is 979 g/mol. The summed E-state index contributed by atoms with van der Waals surface area (Å²) in [7, 11) is 0. The Bertz CT molecular complexity index is 961. The van der Waals surface area contributed by atoms with Gasteiger partial charge in [0, 0.05) is 164 Å². The first-order valence-corrected chi connectivity index (χ1v) is 27.4. The first-order valence-electron chi connectivity index (χ1n) is 27.4. The summed E-state index contributed by atoms with van der Waals surface area (Å²) in [6.07, 6.45) is 24.6. The lowest BCUT2D eigenvalue weighted by atomic mass is 10.3. The van der Waals surface area contributed by atoms with Crippen molar-refractivity contribution in [1.29, 1.82) is 0 Å². The molecule has 0 saturated carbocycles. The molecule has 0 aromatic rings. The Labute approximate surface area is 416 Å². The van der Waals surface area contributed by atoms with E-state index in [0.29, 0.717) is 18.8 Å². The van der Waals surface area contributed by atoms with Gasteiger partial charge in [-0.2, -0.15) is 0 Å². The van der Waals surface area contributed by atoms with Crippen LogP contribution in [0.25, 0.3) is 0 Å². The van der Waals surface area contributed by atoms with Crippen molar-refractivity contribution in [3.8, 4) is 0 Å². The Morgan fingerprint density at radius 1 is 0.250 bits per heavy atom. The molecule has 14 nitrogen and oxygen atoms in total. The number of esters is 1. The second kappa shape index (κ2) is 61.8. The van der Waals surface area contributed by atoms with E-state index < -0.39 is 0 Å². The largest absolute Gasteiger partial charge is 0.462 e. The van der Waals surface area contributed by atoms with Gasteiger partial charge in [0.25, 0.3) is 0 Å². The van der Waals surface area contributed by atoms with E-state index in [9.17, 15) is 4.79 Å². The second-order valence-electron chi connectivity index (χ2n) is 17.3. The summed E-state index contributed by atoms with van der Waals surface area (Å²) in [5.74, 6) is -0.323. The molecule has 0 atom stereocenters. The van der Waals surface area contributed by atoms with Crippen LogP contribution in [0.3, 0.4) is 0 Å². The molecule has 0 aromatic carbocycles. The highest BCUT2D eigenvalue weighted by molar-refractivity contribution is 5.86. The van der Waals surface area contributed by atoms with Gasteiger partial charge < -0.3 is 61.6 Å². The van der Waals surface area contributed by atoms with Gasteiger partial charge in [-0.25, -0.2) is 4.79 Å². The van der Waals surface area contributed by atoms with Gasteiger partial charge in [-0.1, -0.05) is 6.58 Å². The quantitative estimate of drug-likeness (QED) is 0.0325. The first kappa shape index (κ1) is 66.7. The van der Waals surface area contributed by atoms with Crippen LogP contribution in [0.1, 0.15) is 168 Å². The zero-order chi connectivity index (χ0) is 49.0. The van der Waals surface area contributed by atoms with Crippen LogP contribution >= 0.6 is 0 Å². The molecule has 0 radical (unpaired) electrons. The fraction of sp³-hybridized carbons (Fsp3) is 0.944. The summed E-state index contributed by atoms with van der Waals surface area (Å²) < 4.78 is 73.5. The normalized spacial score (nSPS) is 11.6. The predicted molar refractivity (Wildman–Crippen MR) is 272 cm³/mol. The third-order valence-electron chi connectivity index (χ3n) is 10.6. The molecule has 0 aliphatic carbocycles. The van der Waals surface area contributed by atoms with Crippen molar-refractivity contribution in [3.63, 3.8) is 0 Å². The average Bonchev–Trinajstić information content (AvgIpc) is 3.34. The van der Waals surface area contributed by atoms with Crippen LogP contribution in [0.15, 0.2) is 12.2 Å². The minimum Gasteiger partial charge on any atom is -0.462 e. The number of hydrogen-bond acceptors (Lipinski definition) is 14. The Kier molecular flexibility index (Phi) is 60.7. The van der Waals surface area contributed by atoms with Crippen molar-refractivity contribution >= 4 is 5.97 Å². The lowest BCUT2D eigenvalue weighted by Gasteiger charge is -2.08. The molecule has 0 amide bonds. The molecule has 0 aliphatic heterocycles. The van der Waals surface area contributed by atoms with E-state index in [4.69, 9.17) is 61.6 Å². The summed E-state index contributed by atoms with van der Waals surface area (Å²) in [5, 5.41) is 0. The highest BCUT2D eigenvalue weighted by atomic mass is 16.5. The van der Waals surface area contributed by atoms with Crippen molar-refractivity contribution in [2.24, 2.45) is 0 Å². The van der Waals surface area contributed by atoms with Gasteiger partial charge in [-0.15, -0.1) is 0 Å². The highest BCUT2D eigenvalue weighted by Crippen LogP contribution is 2.04. The van der Waals surface area contributed by atoms with Crippen LogP contribution in [0, 0.1) is 0 Å². The Morgan fingerprint density at radius 2 is 0.382 bits per heavy atom. The number of unbranched alkanes of at least 4 members (excludes halogenated alkanes) is 12. The molecule has 0 rings (SSSR count). The molecular formula is C54H106O14. The molecule has 0 aromatic heterocycles. The molecule has 14 heteroatoms. The van der Waals surface area contributed by atoms with Crippen LogP contribution in [-0.4, -0.2) is 171 Å². The number of carbonyl (C=O) groups is 1. The van der Waals surface area contributed by atoms with Gasteiger partial charge in [0.05, 0.1) is 6.61 Å². The fourth-order valence-corrected chi connectivity index (χ4v) is 6.35. The average molecular weight is 979 g/mol. The van der Waals surface area contributed by atoms with Crippen LogP contribution in [0.5, 0.6) is 0 Å². The maximum absolute atomic E-state index is 11.3. The van der Waals surface area contributed by atoms with Gasteiger partial charge in [0.15, 0.2) is 0 Å². The third-order valence-corrected chi connectivity index (χ3v) is 10.6. The van der Waals surface area contributed by atoms with E-state index in [1.807, 2.05) is 6.92 Å². The van der Waals surface area contributed by atoms with E-state index in [-0.39, 0.29) is 5.97 Å². The number of carbonyl (C=O) groups excluding carboxylic acids is 1. The fourth-order valence-electron chi connectivity index (χ4n) is 6.35. The Hall–Kier alpha value is -1.27. The van der Waals surface area contributed by atoms with Gasteiger partial charge in [0.1, 0.15) is 0 Å². The van der Waals surface area contributed by atoms with Crippen molar-refractivity contribution in [2.45, 2.75) is 168 Å². The molecule has 0 unspecified atom stereocenters. The number of rotatable bonds is 62. The molecule has 0 spiro atoms. The van der Waals surface area contributed by atoms with Crippen LogP contribution in [0.2, 0.25) is 0 Å². The lowest BCUT2D eigenvalue weighted by Crippen LogP contribution is -2.07. The molecule has 0 heterocycles. The number of ether oxygens (including phenoxy) is 13. The predicted octanol–water partition coefficient (Wildman–Crippen LogP) is 10.7. The molecule has 0 aliphatic rings. The first-order chi connectivity index (χ1) is 33.7. The smallest absolute Gasteiger partial charge is 0.333 e. The van der Waals surface area contributed by atoms with E-state index in [1.54, 1.807) is 6.92 Å². The van der Waals surface area contributed by atoms with Crippen molar-refractivity contribution in [3.05, 3.63) is 12.2 Å². The van der Waals surface area contributed by atoms with Crippen molar-refractivity contribution in [2.75, 3.05) is 165 Å². The molecule has 406 valence electrons. The van der Waals surface area contributed by atoms with Crippen LogP contribution < -0.4 is 0 Å². The van der Waals surface area contributed by atoms with Gasteiger partial charge in [-0.05, 0) is 168 Å². The summed E-state index contributed by atoms with van der Waals surface area (Å²) in [4.78, 5) is 11.3. The van der Waals surface area contributed by atoms with Gasteiger partial charge >= 0.3 is 5.97 Å². The highest BCUT2D eigenvalue weighted by Gasteiger charge is 2.03. The molecule has 0 fully saturated rings. The third kappa shape index (κ3) is 60.9. The van der Waals surface area contributed by atoms with E-state index >= 15 is 0 Å². The van der Waals surface area contributed by atoms with Gasteiger partial charge in [-0.3, -0.25) is 0 Å². The van der Waals surface area contributed by atoms with E-state index in [2.05, 4.69) is 6.58 Å². The molecule has 0 bridgehead atoms. The van der Waals surface area contributed by atoms with E-state index in [1.165, 1.54) is 0 Å². The maximum Gasteiger partial charge on any atom is 0.333 e. The molecule has 0 N–H and O–H groups in total. The zero-order valence-corrected chi connectivity index (χ0v) is 44.1. The number of hydrogen-bond donors (Lipinski definition) is 0. The summed E-state index contributed by atoms with van der Waals surface area (Å²) >= 11 is 0. The summed E-state index contributed by atoms with van der Waals surface area (Å²) in [5.41, 5.74) is 0.436. The standard InChI is InChI=1S/C54H106O14/c1-4-56-29-5-6-30-57-31-7-8-32-58-33-9-10-34-59-35-11-12-36-60-37-13-14-38-61-39-15-16-40-62-41-17-18-42-63-43-19-20-44-64-45-21-22-46-65-47-23-24-48-66-49-25-26-50-67-51-27-28-52-68-54(55)53(2)3/h2,4-52H2,1,3H3. The molecular weight excluding hydrogens is 873 g/mol. The van der Waals surface area contributed by atoms with Crippen LogP contribution in [-0.2, 0) is 66.4 Å². The van der Waals surface area contributed by atoms with Crippen LogP contribution in [0.4, 0.5) is 0 Å². The van der Waals surface area contributed by atoms with Gasteiger partial charge in [0.2, 0.25) is 0 Å². The van der Waals surface area contributed by atoms with Crippen molar-refractivity contribution in [1.82, 2.24) is 0 Å². The minimum absolute atomic E-state index is 0.323. The molecule has 0 saturated heterocycles. The summed E-state index contributed by atoms with van der Waals surface area (Å²) in [6.45, 7) is 26.8. The minimum atomic E-state index is -0.323. The zero-order valence-electron chi connectivity index (χ0n) is 44.1. The molecule has 68 heavy (non-hydrogen) atoms.